The van der Waals surface area contributed by atoms with E-state index >= 15 is 0 Å². The van der Waals surface area contributed by atoms with Crippen molar-refractivity contribution in [2.45, 2.75) is 0 Å². The van der Waals surface area contributed by atoms with Crippen LogP contribution in [-0.2, 0) is 0 Å². The molecule has 11 rings (SSSR count). The largest absolute Gasteiger partial charge is 0.309 e. The Kier molecular flexibility index (Phi) is 3.78. The van der Waals surface area contributed by atoms with Crippen LogP contribution in [0.4, 0.5) is 0 Å². The maximum absolute atomic E-state index is 2.43. The highest BCUT2D eigenvalue weighted by Crippen LogP contribution is 2.38. The van der Waals surface area contributed by atoms with E-state index in [0.29, 0.717) is 9.52 Å². The molecule has 0 fully saturated rings. The van der Waals surface area contributed by atoms with Crippen LogP contribution in [-0.4, -0.2) is 14.1 Å². The molecule has 6 aromatic rings. The van der Waals surface area contributed by atoms with Gasteiger partial charge >= 0.3 is 0 Å². The smallest absolute Gasteiger partial charge is 0.121 e. The molecule has 2 heteroatoms. The zero-order valence-electron chi connectivity index (χ0n) is 17.4. The second-order valence-electron chi connectivity index (χ2n) is 8.38. The van der Waals surface area contributed by atoms with Gasteiger partial charge in [0.1, 0.15) is 9.52 Å². The van der Waals surface area contributed by atoms with Gasteiger partial charge in [0.15, 0.2) is 0 Å². The minimum atomic E-state index is 0.655. The van der Waals surface area contributed by atoms with E-state index in [-0.39, 0.29) is 0 Å². The highest BCUT2D eigenvalue weighted by atomic mass is 28.2. The van der Waals surface area contributed by atoms with Gasteiger partial charge in [0.25, 0.3) is 0 Å². The summed E-state index contributed by atoms with van der Waals surface area (Å²) in [4.78, 5) is 0. The van der Waals surface area contributed by atoms with Crippen molar-refractivity contribution in [2.24, 2.45) is 0 Å². The van der Waals surface area contributed by atoms with Gasteiger partial charge in [-0.1, -0.05) is 107 Å². The van der Waals surface area contributed by atoms with Gasteiger partial charge in [-0.3, -0.25) is 0 Å². The quantitative estimate of drug-likeness (QED) is 0.261. The summed E-state index contributed by atoms with van der Waals surface area (Å²) in [5.41, 5.74) is 8.75. The van der Waals surface area contributed by atoms with Gasteiger partial charge in [-0.25, -0.2) is 0 Å². The third kappa shape index (κ3) is 2.63. The molecule has 0 amide bonds. The molecule has 148 valence electrons. The van der Waals surface area contributed by atoms with Crippen LogP contribution in [0, 0.1) is 0 Å². The summed E-state index contributed by atoms with van der Waals surface area (Å²) in [7, 11) is 0.655. The Hall–Kier alpha value is -3.88. The van der Waals surface area contributed by atoms with E-state index in [1.807, 2.05) is 0 Å². The monoisotopic (exact) mass is 421 g/mol. The number of hydrogen-bond acceptors (Lipinski definition) is 0. The number of benzene rings is 5. The van der Waals surface area contributed by atoms with Crippen LogP contribution in [0.3, 0.4) is 0 Å². The first kappa shape index (κ1) is 17.8. The van der Waals surface area contributed by atoms with Gasteiger partial charge < -0.3 is 4.57 Å². The lowest BCUT2D eigenvalue weighted by Crippen LogP contribution is -2.26. The van der Waals surface area contributed by atoms with E-state index in [1.165, 1.54) is 60.1 Å². The average molecular weight is 422 g/mol. The standard InChI is InChI=1S/C30H19NSi/c1-2-7-29-27(4-1)28-6-3-5-26-22-10-8-20(9-11-22)21-12-16-24(17-13-21)32-25-18-14-23(15-19-25)31(29)30(26)28/h1-19H. The molecule has 1 aromatic heterocycles. The molecule has 5 aliphatic heterocycles. The maximum Gasteiger partial charge on any atom is 0.121 e. The molecule has 0 saturated carbocycles. The molecule has 5 aromatic carbocycles. The van der Waals surface area contributed by atoms with Crippen LogP contribution in [0.25, 0.3) is 49.7 Å². The Morgan fingerprint density at radius 2 is 1.06 bits per heavy atom. The first-order valence-corrected chi connectivity index (χ1v) is 12.0. The van der Waals surface area contributed by atoms with Crippen molar-refractivity contribution in [2.75, 3.05) is 0 Å². The number of aromatic nitrogens is 1. The zero-order valence-corrected chi connectivity index (χ0v) is 18.4. The van der Waals surface area contributed by atoms with Gasteiger partial charge in [0.2, 0.25) is 0 Å². The number of fused-ring (bicyclic) bond motifs is 3. The van der Waals surface area contributed by atoms with Gasteiger partial charge in [0, 0.05) is 22.0 Å². The third-order valence-corrected chi connectivity index (χ3v) is 7.77. The van der Waals surface area contributed by atoms with Crippen molar-refractivity contribution < 1.29 is 0 Å². The average Bonchev–Trinajstić information content (AvgIpc) is 3.19. The molecule has 2 radical (unpaired) electrons. The third-order valence-electron chi connectivity index (χ3n) is 6.52. The van der Waals surface area contributed by atoms with E-state index < -0.39 is 0 Å². The van der Waals surface area contributed by atoms with Gasteiger partial charge in [0.05, 0.1) is 11.0 Å². The summed E-state index contributed by atoms with van der Waals surface area (Å²) in [5.74, 6) is 0. The Bertz CT molecular complexity index is 1610. The molecule has 5 aliphatic rings. The van der Waals surface area contributed by atoms with E-state index in [9.17, 15) is 0 Å². The van der Waals surface area contributed by atoms with E-state index in [2.05, 4.69) is 120 Å². The van der Waals surface area contributed by atoms with Crippen molar-refractivity contribution in [1.29, 1.82) is 0 Å². The summed E-state index contributed by atoms with van der Waals surface area (Å²) in [6.07, 6.45) is 0. The van der Waals surface area contributed by atoms with Gasteiger partial charge in [-0.05, 0) is 34.9 Å². The van der Waals surface area contributed by atoms with E-state index in [0.717, 1.165) is 0 Å². The SMILES string of the molecule is c1ccc2c(c1)c1cccc3c1n2-c1ccc(cc1)[Si]c1ccc(cc1)-c1ccc-3cc1. The molecule has 32 heavy (non-hydrogen) atoms. The number of nitrogens with zero attached hydrogens (tertiary/aromatic N) is 1. The normalized spacial score (nSPS) is 12.2. The van der Waals surface area contributed by atoms with Gasteiger partial charge in [-0.15, -0.1) is 0 Å². The fourth-order valence-corrected chi connectivity index (χ4v) is 5.97. The molecular weight excluding hydrogens is 402 g/mol. The summed E-state index contributed by atoms with van der Waals surface area (Å²) in [6.45, 7) is 0. The van der Waals surface area contributed by atoms with Crippen molar-refractivity contribution in [3.63, 3.8) is 0 Å². The number of para-hydroxylation sites is 2. The summed E-state index contributed by atoms with van der Waals surface area (Å²) in [6, 6.07) is 42.6. The highest BCUT2D eigenvalue weighted by molar-refractivity contribution is 6.67. The Morgan fingerprint density at radius 3 is 1.81 bits per heavy atom. The minimum absolute atomic E-state index is 0.655. The molecule has 6 bridgehead atoms. The molecule has 0 unspecified atom stereocenters. The minimum Gasteiger partial charge on any atom is -0.309 e. The lowest BCUT2D eigenvalue weighted by molar-refractivity contribution is 1.18. The molecule has 0 atom stereocenters. The molecule has 0 saturated heterocycles. The van der Waals surface area contributed by atoms with E-state index in [4.69, 9.17) is 0 Å². The van der Waals surface area contributed by atoms with Crippen molar-refractivity contribution in [3.8, 4) is 27.9 Å². The fourth-order valence-electron chi connectivity index (χ4n) is 4.97. The molecule has 1 nitrogen and oxygen atoms in total. The summed E-state index contributed by atoms with van der Waals surface area (Å²) >= 11 is 0. The van der Waals surface area contributed by atoms with E-state index in [1.54, 1.807) is 0 Å². The lowest BCUT2D eigenvalue weighted by atomic mass is 9.98. The fraction of sp³-hybridized carbons (Fsp3) is 0. The molecular formula is C30H19NSi. The molecule has 0 aliphatic carbocycles. The lowest BCUT2D eigenvalue weighted by Gasteiger charge is -2.13. The molecule has 6 heterocycles. The predicted molar refractivity (Wildman–Crippen MR) is 137 cm³/mol. The van der Waals surface area contributed by atoms with Crippen molar-refractivity contribution in [1.82, 2.24) is 4.57 Å². The van der Waals surface area contributed by atoms with Crippen LogP contribution in [0.1, 0.15) is 0 Å². The topological polar surface area (TPSA) is 4.93 Å². The summed E-state index contributed by atoms with van der Waals surface area (Å²) in [5, 5.41) is 5.31. The second-order valence-corrected chi connectivity index (χ2v) is 9.79. The van der Waals surface area contributed by atoms with Crippen molar-refractivity contribution in [3.05, 3.63) is 115 Å². The van der Waals surface area contributed by atoms with Crippen LogP contribution >= 0.6 is 0 Å². The van der Waals surface area contributed by atoms with Crippen LogP contribution in [0.5, 0.6) is 0 Å². The highest BCUT2D eigenvalue weighted by Gasteiger charge is 2.16. The van der Waals surface area contributed by atoms with Gasteiger partial charge in [-0.2, -0.15) is 0 Å². The Balaban J connectivity index is 1.62. The van der Waals surface area contributed by atoms with Crippen LogP contribution in [0.2, 0.25) is 0 Å². The zero-order chi connectivity index (χ0) is 21.1. The molecule has 0 spiro atoms. The first-order chi connectivity index (χ1) is 15.8. The van der Waals surface area contributed by atoms with Crippen molar-refractivity contribution >= 4 is 41.7 Å². The number of rotatable bonds is 0. The van der Waals surface area contributed by atoms with Crippen LogP contribution < -0.4 is 10.4 Å². The predicted octanol–water partition coefficient (Wildman–Crippen LogP) is 6.09. The Morgan fingerprint density at radius 1 is 0.469 bits per heavy atom. The van der Waals surface area contributed by atoms with Crippen LogP contribution in [0.15, 0.2) is 115 Å². The second kappa shape index (κ2) is 6.81. The maximum atomic E-state index is 2.43. The molecule has 0 N–H and O–H groups in total. The Labute approximate surface area is 189 Å². The first-order valence-electron chi connectivity index (χ1n) is 11.0. The number of hydrogen-bond donors (Lipinski definition) is 0. The summed E-state index contributed by atoms with van der Waals surface area (Å²) < 4.78 is 2.43.